The highest BCUT2D eigenvalue weighted by molar-refractivity contribution is 5.94. The highest BCUT2D eigenvalue weighted by Gasteiger charge is 2.59. The molecule has 1 spiro atoms. The van der Waals surface area contributed by atoms with Crippen molar-refractivity contribution in [2.75, 3.05) is 39.3 Å². The number of nitrogens with zero attached hydrogens (tertiary/aromatic N) is 4. The Morgan fingerprint density at radius 1 is 0.875 bits per heavy atom. The lowest BCUT2D eigenvalue weighted by Gasteiger charge is -2.41. The molecule has 1 atom stereocenters. The van der Waals surface area contributed by atoms with Crippen LogP contribution in [-0.4, -0.2) is 82.0 Å². The molecule has 1 N–H and O–H groups in total. The van der Waals surface area contributed by atoms with Crippen molar-refractivity contribution in [3.63, 3.8) is 0 Å². The minimum Gasteiger partial charge on any atom is -0.340 e. The first-order valence-corrected chi connectivity index (χ1v) is 13.0. The van der Waals surface area contributed by atoms with Crippen LogP contribution >= 0.6 is 0 Å². The summed E-state index contributed by atoms with van der Waals surface area (Å²) in [5, 5.41) is 7.39. The summed E-state index contributed by atoms with van der Waals surface area (Å²) in [4.78, 5) is 33.1. The molecule has 2 amide bonds. The van der Waals surface area contributed by atoms with E-state index >= 15 is 0 Å². The molecule has 2 saturated carbocycles. The van der Waals surface area contributed by atoms with Gasteiger partial charge >= 0.3 is 0 Å². The van der Waals surface area contributed by atoms with Crippen molar-refractivity contribution in [3.8, 4) is 0 Å². The van der Waals surface area contributed by atoms with Gasteiger partial charge in [0.05, 0.1) is 0 Å². The smallest absolute Gasteiger partial charge is 0.274 e. The second-order valence-electron chi connectivity index (χ2n) is 10.9. The number of fused-ring (bicyclic) bond motifs is 1. The normalized spacial score (nSPS) is 28.2. The van der Waals surface area contributed by atoms with Crippen LogP contribution in [0.25, 0.3) is 0 Å². The van der Waals surface area contributed by atoms with Crippen molar-refractivity contribution in [1.82, 2.24) is 24.9 Å². The van der Waals surface area contributed by atoms with Crippen LogP contribution in [0.2, 0.25) is 0 Å². The van der Waals surface area contributed by atoms with Gasteiger partial charge in [-0.2, -0.15) is 5.10 Å². The second-order valence-corrected chi connectivity index (χ2v) is 10.9. The number of carbonyl (C=O) groups is 2. The molecule has 0 unspecified atom stereocenters. The summed E-state index contributed by atoms with van der Waals surface area (Å²) in [6, 6.07) is 0.755. The second kappa shape index (κ2) is 8.15. The summed E-state index contributed by atoms with van der Waals surface area (Å²) < 4.78 is 0. The number of piperazine rings is 1. The van der Waals surface area contributed by atoms with Gasteiger partial charge in [0, 0.05) is 62.5 Å². The predicted molar refractivity (Wildman–Crippen MR) is 121 cm³/mol. The van der Waals surface area contributed by atoms with Gasteiger partial charge in [-0.3, -0.25) is 19.6 Å². The van der Waals surface area contributed by atoms with Crippen molar-refractivity contribution in [3.05, 3.63) is 17.0 Å². The molecular weight excluding hydrogens is 402 g/mol. The number of aryl methyl sites for hydroxylation is 1. The number of nitrogens with one attached hydrogen (secondary N) is 1. The molecule has 5 aliphatic rings. The fraction of sp³-hybridized carbons (Fsp3) is 0.800. The van der Waals surface area contributed by atoms with Gasteiger partial charge in [0.2, 0.25) is 5.91 Å². The number of aromatic nitrogens is 2. The zero-order valence-corrected chi connectivity index (χ0v) is 19.3. The van der Waals surface area contributed by atoms with Crippen molar-refractivity contribution in [2.24, 2.45) is 11.3 Å². The van der Waals surface area contributed by atoms with E-state index < -0.39 is 0 Å². The summed E-state index contributed by atoms with van der Waals surface area (Å²) in [6.45, 7) is 5.42. The zero-order valence-electron chi connectivity index (χ0n) is 19.3. The summed E-state index contributed by atoms with van der Waals surface area (Å²) in [7, 11) is 0. The van der Waals surface area contributed by atoms with Gasteiger partial charge in [-0.25, -0.2) is 0 Å². The Labute approximate surface area is 190 Å². The molecule has 1 aromatic heterocycles. The SMILES string of the molecule is O=C(c1n[nH]c2c1CCC2)N1CCC2(CC1)C[C@H]2C(=O)N1CCN(C2CCCCC2)CC1. The van der Waals surface area contributed by atoms with Gasteiger partial charge in [0.15, 0.2) is 5.69 Å². The van der Waals surface area contributed by atoms with E-state index in [2.05, 4.69) is 20.0 Å². The topological polar surface area (TPSA) is 72.5 Å². The minimum absolute atomic E-state index is 0.0848. The molecule has 3 aliphatic carbocycles. The number of H-pyrrole nitrogens is 1. The first kappa shape index (κ1) is 20.7. The Hall–Kier alpha value is -1.89. The quantitative estimate of drug-likeness (QED) is 0.786. The maximum atomic E-state index is 13.3. The van der Waals surface area contributed by atoms with E-state index in [-0.39, 0.29) is 17.2 Å². The standard InChI is InChI=1S/C25H37N5O2/c31-23(30-15-13-28(14-16-30)18-5-2-1-3-6-18)20-17-25(20)9-11-29(12-10-25)24(32)22-19-7-4-8-21(19)26-27-22/h18,20H,1-17H2,(H,26,27)/t20-/m0/s1. The van der Waals surface area contributed by atoms with E-state index in [1.807, 2.05) is 4.90 Å². The minimum atomic E-state index is 0.0848. The van der Waals surface area contributed by atoms with E-state index in [0.29, 0.717) is 11.6 Å². The third-order valence-corrected chi connectivity index (χ3v) is 9.26. The summed E-state index contributed by atoms with van der Waals surface area (Å²) in [5.74, 6) is 0.662. The van der Waals surface area contributed by atoms with Gasteiger partial charge < -0.3 is 9.80 Å². The molecular formula is C25H37N5O2. The summed E-state index contributed by atoms with van der Waals surface area (Å²) in [5.41, 5.74) is 3.09. The Balaban J connectivity index is 1.00. The number of rotatable bonds is 3. The Morgan fingerprint density at radius 2 is 1.62 bits per heavy atom. The van der Waals surface area contributed by atoms with Gasteiger partial charge in [-0.15, -0.1) is 0 Å². The van der Waals surface area contributed by atoms with Crippen LogP contribution in [0.5, 0.6) is 0 Å². The van der Waals surface area contributed by atoms with Crippen molar-refractivity contribution >= 4 is 11.8 Å². The van der Waals surface area contributed by atoms with Crippen molar-refractivity contribution in [2.45, 2.75) is 76.7 Å². The Morgan fingerprint density at radius 3 is 2.38 bits per heavy atom. The third kappa shape index (κ3) is 3.57. The molecule has 174 valence electrons. The molecule has 3 heterocycles. The highest BCUT2D eigenvalue weighted by Crippen LogP contribution is 2.60. The van der Waals surface area contributed by atoms with Gasteiger partial charge in [-0.05, 0) is 56.8 Å². The monoisotopic (exact) mass is 439 g/mol. The Bertz CT molecular complexity index is 873. The van der Waals surface area contributed by atoms with E-state index in [0.717, 1.165) is 95.1 Å². The number of aromatic amines is 1. The lowest BCUT2D eigenvalue weighted by molar-refractivity contribution is -0.136. The molecule has 7 heteroatoms. The van der Waals surface area contributed by atoms with Crippen LogP contribution in [0, 0.1) is 11.3 Å². The van der Waals surface area contributed by atoms with Crippen LogP contribution in [0.15, 0.2) is 0 Å². The Kier molecular flexibility index (Phi) is 5.27. The first-order valence-electron chi connectivity index (χ1n) is 13.0. The highest BCUT2D eigenvalue weighted by atomic mass is 16.2. The lowest BCUT2D eigenvalue weighted by atomic mass is 9.90. The third-order valence-electron chi connectivity index (χ3n) is 9.26. The van der Waals surface area contributed by atoms with Crippen LogP contribution in [-0.2, 0) is 17.6 Å². The van der Waals surface area contributed by atoms with Crippen LogP contribution in [0.1, 0.15) is 79.5 Å². The van der Waals surface area contributed by atoms with Crippen LogP contribution in [0.3, 0.4) is 0 Å². The molecule has 2 aliphatic heterocycles. The molecule has 2 saturated heterocycles. The molecule has 0 radical (unpaired) electrons. The van der Waals surface area contributed by atoms with Crippen molar-refractivity contribution in [1.29, 1.82) is 0 Å². The van der Waals surface area contributed by atoms with Gasteiger partial charge in [-0.1, -0.05) is 19.3 Å². The molecule has 4 fully saturated rings. The fourth-order valence-corrected chi connectivity index (χ4v) is 7.02. The molecule has 0 aromatic carbocycles. The van der Waals surface area contributed by atoms with E-state index in [1.165, 1.54) is 32.1 Å². The average molecular weight is 440 g/mol. The molecule has 32 heavy (non-hydrogen) atoms. The summed E-state index contributed by atoms with van der Waals surface area (Å²) in [6.07, 6.45) is 12.9. The number of hydrogen-bond donors (Lipinski definition) is 1. The maximum Gasteiger partial charge on any atom is 0.274 e. The molecule has 6 rings (SSSR count). The molecule has 7 nitrogen and oxygen atoms in total. The van der Waals surface area contributed by atoms with E-state index in [9.17, 15) is 9.59 Å². The number of hydrogen-bond acceptors (Lipinski definition) is 4. The maximum absolute atomic E-state index is 13.3. The zero-order chi connectivity index (χ0) is 21.7. The number of carbonyl (C=O) groups excluding carboxylic acids is 2. The lowest BCUT2D eigenvalue weighted by Crippen LogP contribution is -2.53. The molecule has 0 bridgehead atoms. The predicted octanol–water partition coefficient (Wildman–Crippen LogP) is 2.62. The van der Waals surface area contributed by atoms with Gasteiger partial charge in [0.25, 0.3) is 5.91 Å². The average Bonchev–Trinajstić information content (AvgIpc) is 3.15. The largest absolute Gasteiger partial charge is 0.340 e. The van der Waals surface area contributed by atoms with E-state index in [1.54, 1.807) is 0 Å². The number of piperidine rings is 1. The van der Waals surface area contributed by atoms with Crippen LogP contribution in [0.4, 0.5) is 0 Å². The summed E-state index contributed by atoms with van der Waals surface area (Å²) >= 11 is 0. The number of amides is 2. The molecule has 1 aromatic rings. The van der Waals surface area contributed by atoms with Crippen LogP contribution < -0.4 is 0 Å². The van der Waals surface area contributed by atoms with Gasteiger partial charge in [0.1, 0.15) is 0 Å². The van der Waals surface area contributed by atoms with E-state index in [4.69, 9.17) is 0 Å². The first-order chi connectivity index (χ1) is 15.6. The van der Waals surface area contributed by atoms with Crippen molar-refractivity contribution < 1.29 is 9.59 Å². The number of likely N-dealkylation sites (tertiary alicyclic amines) is 1. The fourth-order valence-electron chi connectivity index (χ4n) is 7.02.